The van der Waals surface area contributed by atoms with Gasteiger partial charge >= 0.3 is 0 Å². The van der Waals surface area contributed by atoms with Gasteiger partial charge < -0.3 is 4.74 Å². The van der Waals surface area contributed by atoms with E-state index in [1.807, 2.05) is 24.3 Å². The lowest BCUT2D eigenvalue weighted by atomic mass is 10.0. The Morgan fingerprint density at radius 2 is 1.86 bits per heavy atom. The van der Waals surface area contributed by atoms with Gasteiger partial charge in [0.2, 0.25) is 10.0 Å². The number of rotatable bonds is 8. The van der Waals surface area contributed by atoms with Gasteiger partial charge in [0.05, 0.1) is 45.9 Å². The minimum Gasteiger partial charge on any atom is -0.497 e. The van der Waals surface area contributed by atoms with Gasteiger partial charge in [-0.2, -0.15) is 5.10 Å². The molecule has 4 rings (SSSR count). The zero-order chi connectivity index (χ0) is 26.0. The van der Waals surface area contributed by atoms with Gasteiger partial charge in [-0.05, 0) is 48.4 Å². The molecule has 1 aliphatic rings. The molecule has 0 fully saturated rings. The number of nitrogens with one attached hydrogen (secondary N) is 1. The first kappa shape index (κ1) is 25.9. The number of hydrogen-bond donors (Lipinski definition) is 1. The minimum atomic E-state index is -4.04. The van der Waals surface area contributed by atoms with Crippen LogP contribution < -0.4 is 14.5 Å². The number of anilines is 1. The van der Waals surface area contributed by atoms with E-state index in [0.717, 1.165) is 11.6 Å². The lowest BCUT2D eigenvalue weighted by Crippen LogP contribution is -2.29. The van der Waals surface area contributed by atoms with Gasteiger partial charge in [0.1, 0.15) is 5.75 Å². The van der Waals surface area contributed by atoms with Gasteiger partial charge in [-0.1, -0.05) is 41.4 Å². The van der Waals surface area contributed by atoms with E-state index in [0.29, 0.717) is 39.2 Å². The maximum atomic E-state index is 13.0. The number of nitro groups is 1. The fourth-order valence-corrected chi connectivity index (χ4v) is 5.68. The number of hydrogen-bond acceptors (Lipinski definition) is 7. The summed E-state index contributed by atoms with van der Waals surface area (Å²) >= 11 is 12.5. The van der Waals surface area contributed by atoms with Crippen LogP contribution in [-0.4, -0.2) is 32.7 Å². The number of methoxy groups -OCH3 is 1. The van der Waals surface area contributed by atoms with Crippen molar-refractivity contribution in [1.29, 1.82) is 0 Å². The molecule has 0 saturated carbocycles. The Bertz CT molecular complexity index is 1450. The van der Waals surface area contributed by atoms with Crippen LogP contribution in [-0.2, 0) is 10.0 Å². The third-order valence-electron chi connectivity index (χ3n) is 5.77. The van der Waals surface area contributed by atoms with Crippen molar-refractivity contribution in [3.63, 3.8) is 0 Å². The fraction of sp³-hybridized carbons (Fsp3) is 0.208. The molecular formula is C24H22Cl2N4O5S. The van der Waals surface area contributed by atoms with Crippen LogP contribution in [0, 0.1) is 17.0 Å². The van der Waals surface area contributed by atoms with Crippen molar-refractivity contribution >= 4 is 50.3 Å². The van der Waals surface area contributed by atoms with Crippen LogP contribution in [0.4, 0.5) is 11.4 Å². The highest BCUT2D eigenvalue weighted by atomic mass is 35.5. The number of halogens is 2. The molecule has 0 saturated heterocycles. The SMILES string of the molecule is COc1ccc(C2CC(CNS(=O)(=O)c3cc([N+](=O)[O-])ccc3C)=NN2c2ccc(Cl)cc2Cl)cc1. The molecule has 0 radical (unpaired) electrons. The number of benzene rings is 3. The molecule has 1 N–H and O–H groups in total. The molecule has 3 aromatic carbocycles. The van der Waals surface area contributed by atoms with Gasteiger partial charge in [0, 0.05) is 23.6 Å². The standard InChI is InChI=1S/C24H22Cl2N4O5S/c1-15-3-7-19(30(31)32)13-24(15)36(33,34)27-14-18-12-23(16-4-8-20(35-2)9-5-16)29(28-18)22-10-6-17(25)11-21(22)26/h3-11,13,23,27H,12,14H2,1-2H3. The van der Waals surface area contributed by atoms with Crippen LogP contribution in [0.25, 0.3) is 0 Å². The molecule has 1 aliphatic heterocycles. The highest BCUT2D eigenvalue weighted by Crippen LogP contribution is 2.40. The summed E-state index contributed by atoms with van der Waals surface area (Å²) in [6.07, 6.45) is 0.418. The number of nitro benzene ring substituents is 1. The summed E-state index contributed by atoms with van der Waals surface area (Å²) in [6, 6.07) is 16.0. The molecule has 1 heterocycles. The van der Waals surface area contributed by atoms with Crippen molar-refractivity contribution in [2.75, 3.05) is 18.7 Å². The molecule has 0 aliphatic carbocycles. The lowest BCUT2D eigenvalue weighted by molar-refractivity contribution is -0.385. The van der Waals surface area contributed by atoms with E-state index in [2.05, 4.69) is 9.82 Å². The Kier molecular flexibility index (Phi) is 7.51. The first-order valence-corrected chi connectivity index (χ1v) is 13.0. The van der Waals surface area contributed by atoms with Crippen LogP contribution in [0.2, 0.25) is 10.0 Å². The molecule has 1 atom stereocenters. The highest BCUT2D eigenvalue weighted by molar-refractivity contribution is 7.89. The Hall–Kier alpha value is -3.18. The fourth-order valence-electron chi connectivity index (χ4n) is 3.90. The topological polar surface area (TPSA) is 114 Å². The number of ether oxygens (including phenoxy) is 1. The normalized spacial score (nSPS) is 15.6. The first-order chi connectivity index (χ1) is 17.1. The zero-order valence-corrected chi connectivity index (χ0v) is 21.6. The largest absolute Gasteiger partial charge is 0.497 e. The van der Waals surface area contributed by atoms with Gasteiger partial charge in [-0.3, -0.25) is 15.1 Å². The van der Waals surface area contributed by atoms with Crippen LogP contribution in [0.3, 0.4) is 0 Å². The Labute approximate surface area is 218 Å². The molecule has 12 heteroatoms. The molecular weight excluding hydrogens is 527 g/mol. The third-order valence-corrected chi connectivity index (χ3v) is 7.85. The number of nitrogens with zero attached hydrogens (tertiary/aromatic N) is 3. The quantitative estimate of drug-likeness (QED) is 0.293. The van der Waals surface area contributed by atoms with Crippen LogP contribution in [0.1, 0.15) is 23.6 Å². The summed E-state index contributed by atoms with van der Waals surface area (Å²) in [5.74, 6) is 0.703. The smallest absolute Gasteiger partial charge is 0.270 e. The summed E-state index contributed by atoms with van der Waals surface area (Å²) in [5, 5.41) is 18.4. The number of sulfonamides is 1. The third kappa shape index (κ3) is 5.46. The van der Waals surface area contributed by atoms with Crippen molar-refractivity contribution in [2.24, 2.45) is 5.10 Å². The summed E-state index contributed by atoms with van der Waals surface area (Å²) in [6.45, 7) is 1.49. The highest BCUT2D eigenvalue weighted by Gasteiger charge is 2.31. The van der Waals surface area contributed by atoms with Crippen molar-refractivity contribution in [2.45, 2.75) is 24.3 Å². The van der Waals surface area contributed by atoms with Crippen molar-refractivity contribution in [3.8, 4) is 5.75 Å². The second kappa shape index (κ2) is 10.4. The number of aryl methyl sites for hydroxylation is 1. The van der Waals surface area contributed by atoms with Crippen molar-refractivity contribution in [3.05, 3.63) is 92.0 Å². The van der Waals surface area contributed by atoms with Gasteiger partial charge in [-0.15, -0.1) is 0 Å². The van der Waals surface area contributed by atoms with Crippen LogP contribution in [0.5, 0.6) is 5.75 Å². The molecule has 3 aromatic rings. The van der Waals surface area contributed by atoms with E-state index in [4.69, 9.17) is 27.9 Å². The van der Waals surface area contributed by atoms with E-state index in [1.54, 1.807) is 37.2 Å². The molecule has 36 heavy (non-hydrogen) atoms. The average molecular weight is 549 g/mol. The maximum Gasteiger partial charge on any atom is 0.270 e. The first-order valence-electron chi connectivity index (χ1n) is 10.8. The summed E-state index contributed by atoms with van der Waals surface area (Å²) in [7, 11) is -2.45. The monoisotopic (exact) mass is 548 g/mol. The second-order valence-electron chi connectivity index (χ2n) is 8.13. The Morgan fingerprint density at radius 3 is 2.50 bits per heavy atom. The van der Waals surface area contributed by atoms with E-state index in [-0.39, 0.29) is 23.2 Å². The number of hydrazone groups is 1. The van der Waals surface area contributed by atoms with E-state index in [9.17, 15) is 18.5 Å². The van der Waals surface area contributed by atoms with Gasteiger partial charge in [0.25, 0.3) is 5.69 Å². The molecule has 188 valence electrons. The summed E-state index contributed by atoms with van der Waals surface area (Å²) < 4.78 is 33.8. The number of non-ortho nitro benzene ring substituents is 1. The van der Waals surface area contributed by atoms with E-state index >= 15 is 0 Å². The molecule has 0 aromatic heterocycles. The molecule has 9 nitrogen and oxygen atoms in total. The predicted molar refractivity (Wildman–Crippen MR) is 140 cm³/mol. The lowest BCUT2D eigenvalue weighted by Gasteiger charge is -2.25. The zero-order valence-electron chi connectivity index (χ0n) is 19.3. The molecule has 0 amide bonds. The van der Waals surface area contributed by atoms with Crippen molar-refractivity contribution < 1.29 is 18.1 Å². The maximum absolute atomic E-state index is 13.0. The Balaban J connectivity index is 1.62. The van der Waals surface area contributed by atoms with E-state index < -0.39 is 14.9 Å². The van der Waals surface area contributed by atoms with Gasteiger partial charge in [0.15, 0.2) is 0 Å². The summed E-state index contributed by atoms with van der Waals surface area (Å²) in [4.78, 5) is 10.3. The van der Waals surface area contributed by atoms with Crippen LogP contribution >= 0.6 is 23.2 Å². The summed E-state index contributed by atoms with van der Waals surface area (Å²) in [5.41, 5.74) is 2.20. The average Bonchev–Trinajstić information content (AvgIpc) is 3.27. The predicted octanol–water partition coefficient (Wildman–Crippen LogP) is 5.50. The minimum absolute atomic E-state index is 0.0845. The molecule has 0 bridgehead atoms. The molecule has 1 unspecified atom stereocenters. The van der Waals surface area contributed by atoms with Crippen LogP contribution in [0.15, 0.2) is 70.7 Å². The van der Waals surface area contributed by atoms with Crippen molar-refractivity contribution in [1.82, 2.24) is 4.72 Å². The molecule has 0 spiro atoms. The Morgan fingerprint density at radius 1 is 1.14 bits per heavy atom. The van der Waals surface area contributed by atoms with Gasteiger partial charge in [-0.25, -0.2) is 13.1 Å². The van der Waals surface area contributed by atoms with E-state index in [1.165, 1.54) is 12.1 Å². The second-order valence-corrected chi connectivity index (χ2v) is 10.7.